The Hall–Kier alpha value is -1.81. The summed E-state index contributed by atoms with van der Waals surface area (Å²) in [6.45, 7) is 4.34. The molecule has 0 saturated heterocycles. The average molecular weight is 415 g/mol. The van der Waals surface area contributed by atoms with Gasteiger partial charge < -0.3 is 9.13 Å². The first-order valence-corrected chi connectivity index (χ1v) is 10.1. The van der Waals surface area contributed by atoms with Crippen LogP contribution in [0.2, 0.25) is 10.0 Å². The minimum atomic E-state index is 0.134. The zero-order chi connectivity index (χ0) is 19.3. The molecule has 0 radical (unpaired) electrons. The molecule has 0 spiro atoms. The van der Waals surface area contributed by atoms with Gasteiger partial charge >= 0.3 is 0 Å². The van der Waals surface area contributed by atoms with Crippen LogP contribution in [-0.2, 0) is 7.05 Å². The van der Waals surface area contributed by atoms with E-state index in [0.29, 0.717) is 0 Å². The van der Waals surface area contributed by atoms with Gasteiger partial charge in [0.1, 0.15) is 0 Å². The van der Waals surface area contributed by atoms with Crippen LogP contribution in [0, 0.1) is 4.77 Å². The van der Waals surface area contributed by atoms with E-state index in [1.807, 2.05) is 24.3 Å². The zero-order valence-electron chi connectivity index (χ0n) is 15.4. The van der Waals surface area contributed by atoms with Crippen LogP contribution in [0.3, 0.4) is 0 Å². The summed E-state index contributed by atoms with van der Waals surface area (Å²) in [4.78, 5) is 0. The Morgan fingerprint density at radius 1 is 0.926 bits per heavy atom. The number of aromatic nitrogens is 2. The minimum absolute atomic E-state index is 0.134. The van der Waals surface area contributed by atoms with E-state index in [4.69, 9.17) is 35.4 Å². The van der Waals surface area contributed by atoms with Crippen molar-refractivity contribution in [2.24, 2.45) is 7.05 Å². The average Bonchev–Trinajstić information content (AvgIpc) is 3.13. The largest absolute Gasteiger partial charge is 0.322 e. The normalized spacial score (nSPS) is 15.9. The minimum Gasteiger partial charge on any atom is -0.322 e. The number of imidazole rings is 1. The fourth-order valence-electron chi connectivity index (χ4n) is 3.86. The standard InChI is InChI=1S/C22H20Cl2N2S/c1-13(2)26-21-19(15-6-10-17(24)11-7-15)12-18(20(21)25(3)22(26)27)14-4-8-16(23)9-5-14/h4-13,18H,1-3H3. The van der Waals surface area contributed by atoms with Gasteiger partial charge in [-0.15, -0.1) is 0 Å². The van der Waals surface area contributed by atoms with Crippen molar-refractivity contribution in [2.45, 2.75) is 25.8 Å². The van der Waals surface area contributed by atoms with E-state index in [-0.39, 0.29) is 12.0 Å². The van der Waals surface area contributed by atoms with Crippen molar-refractivity contribution in [3.63, 3.8) is 0 Å². The third kappa shape index (κ3) is 3.08. The molecule has 4 rings (SSSR count). The predicted molar refractivity (Wildman–Crippen MR) is 116 cm³/mol. The third-order valence-corrected chi connectivity index (χ3v) is 6.10. The van der Waals surface area contributed by atoms with Crippen molar-refractivity contribution in [1.29, 1.82) is 0 Å². The topological polar surface area (TPSA) is 9.86 Å². The van der Waals surface area contributed by atoms with Crippen LogP contribution >= 0.6 is 35.4 Å². The van der Waals surface area contributed by atoms with Crippen LogP contribution in [0.15, 0.2) is 54.6 Å². The van der Waals surface area contributed by atoms with E-state index >= 15 is 0 Å². The summed E-state index contributed by atoms with van der Waals surface area (Å²) in [6, 6.07) is 16.4. The molecule has 3 aromatic rings. The molecule has 0 amide bonds. The van der Waals surface area contributed by atoms with Crippen LogP contribution in [0.5, 0.6) is 0 Å². The predicted octanol–water partition coefficient (Wildman–Crippen LogP) is 7.02. The maximum atomic E-state index is 6.11. The molecule has 1 atom stereocenters. The molecule has 1 unspecified atom stereocenters. The highest BCUT2D eigenvalue weighted by Gasteiger charge is 2.33. The van der Waals surface area contributed by atoms with Gasteiger partial charge in [0.15, 0.2) is 4.77 Å². The Morgan fingerprint density at radius 2 is 1.48 bits per heavy atom. The van der Waals surface area contributed by atoms with Crippen LogP contribution in [-0.4, -0.2) is 9.13 Å². The Bertz CT molecular complexity index is 1090. The molecule has 0 aliphatic heterocycles. The van der Waals surface area contributed by atoms with Crippen molar-refractivity contribution in [3.8, 4) is 0 Å². The molecule has 138 valence electrons. The fourth-order valence-corrected chi connectivity index (χ4v) is 4.51. The molecule has 1 aliphatic carbocycles. The first-order valence-electron chi connectivity index (χ1n) is 8.93. The van der Waals surface area contributed by atoms with E-state index in [2.05, 4.69) is 60.4 Å². The summed E-state index contributed by atoms with van der Waals surface area (Å²) < 4.78 is 5.23. The second-order valence-electron chi connectivity index (χ2n) is 7.16. The molecule has 0 fully saturated rings. The second kappa shape index (κ2) is 6.97. The van der Waals surface area contributed by atoms with Crippen molar-refractivity contribution < 1.29 is 0 Å². The third-order valence-electron chi connectivity index (χ3n) is 5.12. The monoisotopic (exact) mass is 414 g/mol. The molecule has 2 aromatic carbocycles. The highest BCUT2D eigenvalue weighted by atomic mass is 35.5. The molecular formula is C22H20Cl2N2S. The van der Waals surface area contributed by atoms with Gasteiger partial charge in [-0.2, -0.15) is 0 Å². The molecule has 1 aromatic heterocycles. The maximum Gasteiger partial charge on any atom is 0.180 e. The molecule has 1 heterocycles. The van der Waals surface area contributed by atoms with Crippen molar-refractivity contribution in [3.05, 3.63) is 91.9 Å². The van der Waals surface area contributed by atoms with Crippen LogP contribution in [0.1, 0.15) is 48.3 Å². The van der Waals surface area contributed by atoms with Gasteiger partial charge in [-0.1, -0.05) is 53.5 Å². The zero-order valence-corrected chi connectivity index (χ0v) is 17.7. The van der Waals surface area contributed by atoms with Crippen molar-refractivity contribution in [2.75, 3.05) is 0 Å². The van der Waals surface area contributed by atoms with Gasteiger partial charge in [0.25, 0.3) is 0 Å². The summed E-state index contributed by atoms with van der Waals surface area (Å²) in [6.07, 6.45) is 2.32. The molecule has 1 aliphatic rings. The Kier molecular flexibility index (Phi) is 4.79. The summed E-state index contributed by atoms with van der Waals surface area (Å²) in [5.74, 6) is 0.134. The highest BCUT2D eigenvalue weighted by Crippen LogP contribution is 2.44. The Balaban J connectivity index is 1.99. The van der Waals surface area contributed by atoms with Crippen molar-refractivity contribution >= 4 is 41.0 Å². The van der Waals surface area contributed by atoms with Gasteiger partial charge in [-0.05, 0) is 61.5 Å². The van der Waals surface area contributed by atoms with Gasteiger partial charge in [-0.3, -0.25) is 0 Å². The lowest BCUT2D eigenvalue weighted by Gasteiger charge is -2.13. The van der Waals surface area contributed by atoms with E-state index in [9.17, 15) is 0 Å². The number of hydrogen-bond donors (Lipinski definition) is 0. The smallest absolute Gasteiger partial charge is 0.180 e. The van der Waals surface area contributed by atoms with E-state index in [0.717, 1.165) is 20.4 Å². The summed E-state index contributed by atoms with van der Waals surface area (Å²) in [5, 5.41) is 1.48. The molecule has 2 nitrogen and oxygen atoms in total. The van der Waals surface area contributed by atoms with Gasteiger partial charge in [-0.25, -0.2) is 0 Å². The molecular weight excluding hydrogens is 395 g/mol. The maximum absolute atomic E-state index is 6.11. The summed E-state index contributed by atoms with van der Waals surface area (Å²) in [5.41, 5.74) is 5.96. The lowest BCUT2D eigenvalue weighted by Crippen LogP contribution is -2.06. The Morgan fingerprint density at radius 3 is 2.04 bits per heavy atom. The van der Waals surface area contributed by atoms with Gasteiger partial charge in [0.2, 0.25) is 0 Å². The fraction of sp³-hybridized carbons (Fsp3) is 0.227. The lowest BCUT2D eigenvalue weighted by atomic mass is 9.98. The number of hydrogen-bond acceptors (Lipinski definition) is 1. The molecule has 0 saturated carbocycles. The highest BCUT2D eigenvalue weighted by molar-refractivity contribution is 7.71. The number of halogens is 2. The molecule has 5 heteroatoms. The lowest BCUT2D eigenvalue weighted by molar-refractivity contribution is 0.577. The molecule has 0 bridgehead atoms. The molecule has 27 heavy (non-hydrogen) atoms. The van der Waals surface area contributed by atoms with Crippen LogP contribution in [0.4, 0.5) is 0 Å². The van der Waals surface area contributed by atoms with Crippen molar-refractivity contribution in [1.82, 2.24) is 9.13 Å². The van der Waals surface area contributed by atoms with E-state index < -0.39 is 0 Å². The quantitative estimate of drug-likeness (QED) is 0.418. The number of rotatable bonds is 3. The SMILES string of the molecule is CC(C)n1c2c(n(C)c1=S)C(c1ccc(Cl)cc1)C=C2c1ccc(Cl)cc1. The summed E-state index contributed by atoms with van der Waals surface area (Å²) >= 11 is 18.0. The number of fused-ring (bicyclic) bond motifs is 1. The van der Waals surface area contributed by atoms with Gasteiger partial charge in [0, 0.05) is 34.6 Å². The first-order chi connectivity index (χ1) is 12.9. The number of benzene rings is 2. The second-order valence-corrected chi connectivity index (χ2v) is 8.39. The first kappa shape index (κ1) is 18.5. The number of allylic oxidation sites excluding steroid dienone is 1. The van der Waals surface area contributed by atoms with E-state index in [1.54, 1.807) is 0 Å². The van der Waals surface area contributed by atoms with Crippen LogP contribution < -0.4 is 0 Å². The molecule has 0 N–H and O–H groups in total. The Labute approximate surface area is 174 Å². The number of nitrogens with zero attached hydrogens (tertiary/aromatic N) is 2. The van der Waals surface area contributed by atoms with E-state index in [1.165, 1.54) is 22.5 Å². The van der Waals surface area contributed by atoms with Crippen LogP contribution in [0.25, 0.3) is 5.57 Å². The van der Waals surface area contributed by atoms with Gasteiger partial charge in [0.05, 0.1) is 11.4 Å². The summed E-state index contributed by atoms with van der Waals surface area (Å²) in [7, 11) is 2.06.